The van der Waals surface area contributed by atoms with E-state index in [1.54, 1.807) is 0 Å². The number of sulfonamides is 1. The predicted molar refractivity (Wildman–Crippen MR) is 125 cm³/mol. The van der Waals surface area contributed by atoms with E-state index in [4.69, 9.17) is 11.6 Å². The van der Waals surface area contributed by atoms with Crippen molar-refractivity contribution >= 4 is 33.2 Å². The predicted octanol–water partition coefficient (Wildman–Crippen LogP) is 4.37. The molecule has 1 N–H and O–H groups in total. The zero-order chi connectivity index (χ0) is 22.1. The average Bonchev–Trinajstić information content (AvgIpc) is 2.71. The second-order valence-corrected chi connectivity index (χ2v) is 9.64. The maximum atomic E-state index is 12.5. The molecular formula is C23H31ClN2O3S. The minimum absolute atomic E-state index is 0.0723. The number of anilines is 1. The molecule has 0 spiro atoms. The van der Waals surface area contributed by atoms with Gasteiger partial charge in [0.25, 0.3) is 0 Å². The summed E-state index contributed by atoms with van der Waals surface area (Å²) in [6.07, 6.45) is 4.19. The van der Waals surface area contributed by atoms with E-state index in [1.165, 1.54) is 10.6 Å². The molecular weight excluding hydrogens is 420 g/mol. The molecule has 30 heavy (non-hydrogen) atoms. The van der Waals surface area contributed by atoms with Crippen molar-refractivity contribution in [1.82, 2.24) is 5.32 Å². The van der Waals surface area contributed by atoms with Gasteiger partial charge in [0.15, 0.2) is 0 Å². The first-order valence-corrected chi connectivity index (χ1v) is 12.6. The Kier molecular flexibility index (Phi) is 9.18. The molecule has 0 fully saturated rings. The molecule has 0 unspecified atom stereocenters. The van der Waals surface area contributed by atoms with Crippen molar-refractivity contribution in [3.63, 3.8) is 0 Å². The van der Waals surface area contributed by atoms with Crippen molar-refractivity contribution in [2.24, 2.45) is 0 Å². The number of amides is 1. The average molecular weight is 451 g/mol. The molecule has 0 heterocycles. The zero-order valence-electron chi connectivity index (χ0n) is 17.9. The Morgan fingerprint density at radius 3 is 2.17 bits per heavy atom. The molecule has 0 aromatic heterocycles. The minimum atomic E-state index is -3.45. The summed E-state index contributed by atoms with van der Waals surface area (Å²) in [6, 6.07) is 13.4. The Bertz CT molecular complexity index is 921. The van der Waals surface area contributed by atoms with Crippen molar-refractivity contribution in [3.05, 3.63) is 64.2 Å². The maximum Gasteiger partial charge on any atom is 0.232 e. The molecule has 0 bridgehead atoms. The summed E-state index contributed by atoms with van der Waals surface area (Å²) in [6.45, 7) is 4.86. The molecule has 5 nitrogen and oxygen atoms in total. The van der Waals surface area contributed by atoms with E-state index in [0.717, 1.165) is 41.6 Å². The smallest absolute Gasteiger partial charge is 0.232 e. The fourth-order valence-electron chi connectivity index (χ4n) is 3.45. The number of rotatable bonds is 11. The molecule has 164 valence electrons. The third-order valence-corrected chi connectivity index (χ3v) is 6.45. The van der Waals surface area contributed by atoms with Crippen LogP contribution in [0.25, 0.3) is 0 Å². The van der Waals surface area contributed by atoms with E-state index in [-0.39, 0.29) is 18.9 Å². The molecule has 0 saturated carbocycles. The monoisotopic (exact) mass is 450 g/mol. The first-order chi connectivity index (χ1) is 14.3. The lowest BCUT2D eigenvalue weighted by atomic mass is 10.0. The maximum absolute atomic E-state index is 12.5. The lowest BCUT2D eigenvalue weighted by molar-refractivity contribution is -0.121. The van der Waals surface area contributed by atoms with Crippen LogP contribution < -0.4 is 9.62 Å². The van der Waals surface area contributed by atoms with Crippen molar-refractivity contribution in [1.29, 1.82) is 0 Å². The van der Waals surface area contributed by atoms with Crippen LogP contribution in [-0.2, 0) is 34.1 Å². The van der Waals surface area contributed by atoms with E-state index in [1.807, 2.05) is 56.3 Å². The number of halogens is 1. The van der Waals surface area contributed by atoms with Gasteiger partial charge in [-0.2, -0.15) is 0 Å². The number of carbonyl (C=O) groups is 1. The van der Waals surface area contributed by atoms with Gasteiger partial charge in [0.1, 0.15) is 0 Å². The lowest BCUT2D eigenvalue weighted by Gasteiger charge is -2.27. The third kappa shape index (κ3) is 7.03. The molecule has 0 atom stereocenters. The Morgan fingerprint density at radius 2 is 1.63 bits per heavy atom. The molecule has 2 rings (SSSR count). The van der Waals surface area contributed by atoms with E-state index in [2.05, 4.69) is 5.32 Å². The number of benzene rings is 2. The molecule has 0 aliphatic carbocycles. The fraction of sp³-hybridized carbons (Fsp3) is 0.435. The first-order valence-electron chi connectivity index (χ1n) is 10.4. The summed E-state index contributed by atoms with van der Waals surface area (Å²) in [5.74, 6) is -0.0723. The highest BCUT2D eigenvalue weighted by molar-refractivity contribution is 7.92. The second kappa shape index (κ2) is 11.4. The summed E-state index contributed by atoms with van der Waals surface area (Å²) < 4.78 is 26.5. The highest BCUT2D eigenvalue weighted by atomic mass is 35.5. The van der Waals surface area contributed by atoms with Crippen molar-refractivity contribution in [2.45, 2.75) is 46.0 Å². The summed E-state index contributed by atoms with van der Waals surface area (Å²) in [4.78, 5) is 12.2. The Morgan fingerprint density at radius 1 is 1.03 bits per heavy atom. The summed E-state index contributed by atoms with van der Waals surface area (Å²) in [5.41, 5.74) is 3.89. The van der Waals surface area contributed by atoms with Gasteiger partial charge in [0, 0.05) is 24.5 Å². The van der Waals surface area contributed by atoms with Crippen LogP contribution in [0.4, 0.5) is 5.69 Å². The third-order valence-electron chi connectivity index (χ3n) is 5.03. The van der Waals surface area contributed by atoms with Crippen LogP contribution in [0.3, 0.4) is 0 Å². The van der Waals surface area contributed by atoms with Gasteiger partial charge in [-0.3, -0.25) is 9.10 Å². The van der Waals surface area contributed by atoms with E-state index >= 15 is 0 Å². The Hall–Kier alpha value is -2.05. The number of nitrogens with one attached hydrogen (secondary N) is 1. The van der Waals surface area contributed by atoms with Gasteiger partial charge in [0.2, 0.25) is 15.9 Å². The van der Waals surface area contributed by atoms with Crippen molar-refractivity contribution < 1.29 is 13.2 Å². The summed E-state index contributed by atoms with van der Waals surface area (Å²) >= 11 is 5.88. The normalized spacial score (nSPS) is 11.3. The van der Waals surface area contributed by atoms with Gasteiger partial charge in [-0.25, -0.2) is 8.42 Å². The van der Waals surface area contributed by atoms with E-state index < -0.39 is 10.0 Å². The molecule has 1 amide bonds. The van der Waals surface area contributed by atoms with Gasteiger partial charge in [-0.05, 0) is 54.5 Å². The van der Waals surface area contributed by atoms with Crippen LogP contribution in [0.2, 0.25) is 5.02 Å². The molecule has 0 aliphatic rings. The van der Waals surface area contributed by atoms with Crippen molar-refractivity contribution in [2.75, 3.05) is 23.7 Å². The molecule has 0 saturated heterocycles. The van der Waals surface area contributed by atoms with Crippen molar-refractivity contribution in [3.8, 4) is 0 Å². The molecule has 2 aromatic carbocycles. The van der Waals surface area contributed by atoms with Gasteiger partial charge in [0.05, 0.1) is 11.9 Å². The van der Waals surface area contributed by atoms with Gasteiger partial charge >= 0.3 is 0 Å². The van der Waals surface area contributed by atoms with Crippen LogP contribution in [-0.4, -0.2) is 33.7 Å². The van der Waals surface area contributed by atoms with Gasteiger partial charge in [-0.1, -0.05) is 55.8 Å². The van der Waals surface area contributed by atoms with Gasteiger partial charge in [-0.15, -0.1) is 0 Å². The number of carbonyl (C=O) groups excluding carboxylic acids is 1. The highest BCUT2D eigenvalue weighted by Crippen LogP contribution is 2.29. The van der Waals surface area contributed by atoms with Crippen LogP contribution in [0.15, 0.2) is 42.5 Å². The molecule has 7 heteroatoms. The number of aryl methyl sites for hydroxylation is 2. The second-order valence-electron chi connectivity index (χ2n) is 7.30. The highest BCUT2D eigenvalue weighted by Gasteiger charge is 2.22. The number of para-hydroxylation sites is 1. The van der Waals surface area contributed by atoms with Crippen LogP contribution in [0, 0.1) is 0 Å². The lowest BCUT2D eigenvalue weighted by Crippen LogP contribution is -2.34. The SMILES string of the molecule is CCc1cccc(CC)c1N(CCCC(=O)NCCc1ccc(Cl)cc1)S(C)(=O)=O. The topological polar surface area (TPSA) is 66.5 Å². The summed E-state index contributed by atoms with van der Waals surface area (Å²) in [5, 5.41) is 3.59. The standard InChI is InChI=1S/C23H31ClN2O3S/c1-4-19-8-6-9-20(5-2)23(19)26(30(3,28)29)17-7-10-22(27)25-16-15-18-11-13-21(24)14-12-18/h6,8-9,11-14H,4-5,7,10,15-17H2,1-3H3,(H,25,27). The Labute approximate surface area is 185 Å². The minimum Gasteiger partial charge on any atom is -0.356 e. The van der Waals surface area contributed by atoms with E-state index in [9.17, 15) is 13.2 Å². The van der Waals surface area contributed by atoms with Crippen LogP contribution >= 0.6 is 11.6 Å². The Balaban J connectivity index is 1.94. The van der Waals surface area contributed by atoms with E-state index in [0.29, 0.717) is 18.0 Å². The molecule has 2 aromatic rings. The number of nitrogens with zero attached hydrogens (tertiary/aromatic N) is 1. The van der Waals surface area contributed by atoms with Crippen LogP contribution in [0.1, 0.15) is 43.4 Å². The summed E-state index contributed by atoms with van der Waals surface area (Å²) in [7, 11) is -3.45. The zero-order valence-corrected chi connectivity index (χ0v) is 19.5. The van der Waals surface area contributed by atoms with Crippen LogP contribution in [0.5, 0.6) is 0 Å². The number of hydrogen-bond acceptors (Lipinski definition) is 3. The number of hydrogen-bond donors (Lipinski definition) is 1. The first kappa shape index (κ1) is 24.2. The fourth-order valence-corrected chi connectivity index (χ4v) is 4.60. The quantitative estimate of drug-likeness (QED) is 0.552. The van der Waals surface area contributed by atoms with Gasteiger partial charge < -0.3 is 5.32 Å². The molecule has 0 radical (unpaired) electrons. The molecule has 0 aliphatic heterocycles. The largest absolute Gasteiger partial charge is 0.356 e.